The minimum Gasteiger partial charge on any atom is -0.379 e. The number of anilines is 2. The number of nitrogens with one attached hydrogen (secondary N) is 2. The summed E-state index contributed by atoms with van der Waals surface area (Å²) in [5, 5.41) is 6.43. The van der Waals surface area contributed by atoms with Gasteiger partial charge in [0, 0.05) is 26.2 Å². The number of benzene rings is 1. The Bertz CT molecular complexity index is 664. The van der Waals surface area contributed by atoms with E-state index in [1.54, 1.807) is 0 Å². The van der Waals surface area contributed by atoms with Crippen molar-refractivity contribution in [1.29, 1.82) is 0 Å². The Kier molecular flexibility index (Phi) is 4.35. The van der Waals surface area contributed by atoms with Gasteiger partial charge in [0.1, 0.15) is 5.54 Å². The summed E-state index contributed by atoms with van der Waals surface area (Å²) in [6, 6.07) is 7.74. The molecule has 0 aliphatic carbocycles. The van der Waals surface area contributed by atoms with Crippen molar-refractivity contribution in [1.82, 2.24) is 9.80 Å². The van der Waals surface area contributed by atoms with Gasteiger partial charge in [0.25, 0.3) is 0 Å². The molecule has 3 aliphatic heterocycles. The van der Waals surface area contributed by atoms with Gasteiger partial charge in [0.2, 0.25) is 11.8 Å². The van der Waals surface area contributed by atoms with E-state index < -0.39 is 5.54 Å². The molecule has 134 valence electrons. The third kappa shape index (κ3) is 3.21. The van der Waals surface area contributed by atoms with Crippen molar-refractivity contribution in [3.63, 3.8) is 0 Å². The monoisotopic (exact) mass is 344 g/mol. The molecule has 2 fully saturated rings. The van der Waals surface area contributed by atoms with Gasteiger partial charge in [0.05, 0.1) is 31.1 Å². The van der Waals surface area contributed by atoms with Gasteiger partial charge in [-0.15, -0.1) is 0 Å². The molecule has 0 radical (unpaired) electrons. The van der Waals surface area contributed by atoms with Gasteiger partial charge in [-0.25, -0.2) is 0 Å². The highest BCUT2D eigenvalue weighted by molar-refractivity contribution is 6.06. The summed E-state index contributed by atoms with van der Waals surface area (Å²) in [5.74, 6) is 0.153. The molecule has 0 unspecified atom stereocenters. The molecule has 7 heteroatoms. The van der Waals surface area contributed by atoms with Crippen LogP contribution in [-0.2, 0) is 14.3 Å². The zero-order valence-electron chi connectivity index (χ0n) is 14.3. The molecule has 2 saturated heterocycles. The quantitative estimate of drug-likeness (QED) is 0.828. The molecule has 1 spiro atoms. The van der Waals surface area contributed by atoms with Gasteiger partial charge in [-0.1, -0.05) is 12.1 Å². The third-order valence-electron chi connectivity index (χ3n) is 5.42. The fourth-order valence-corrected chi connectivity index (χ4v) is 3.80. The van der Waals surface area contributed by atoms with Gasteiger partial charge >= 0.3 is 0 Å². The first-order valence-electron chi connectivity index (χ1n) is 8.93. The van der Waals surface area contributed by atoms with Crippen LogP contribution in [0, 0.1) is 0 Å². The van der Waals surface area contributed by atoms with Crippen LogP contribution in [0.15, 0.2) is 24.3 Å². The number of amides is 2. The van der Waals surface area contributed by atoms with Gasteiger partial charge < -0.3 is 20.3 Å². The first-order chi connectivity index (χ1) is 12.2. The van der Waals surface area contributed by atoms with Gasteiger partial charge in [-0.05, 0) is 25.0 Å². The molecule has 4 rings (SSSR count). The standard InChI is InChI=1S/C18H24N4O3/c23-16(13-21-9-11-25-12-10-21)22-7-5-18(6-8-22)17(24)19-14-3-1-2-4-15(14)20-18/h1-4,20H,5-13H2,(H,19,24). The lowest BCUT2D eigenvalue weighted by Crippen LogP contribution is -2.59. The highest BCUT2D eigenvalue weighted by atomic mass is 16.5. The predicted molar refractivity (Wildman–Crippen MR) is 94.5 cm³/mol. The van der Waals surface area contributed by atoms with Crippen molar-refractivity contribution in [2.75, 3.05) is 56.6 Å². The van der Waals surface area contributed by atoms with E-state index in [0.29, 0.717) is 45.7 Å². The maximum atomic E-state index is 12.6. The normalized spacial score (nSPS) is 22.9. The number of likely N-dealkylation sites (tertiary alicyclic amines) is 1. The largest absolute Gasteiger partial charge is 0.379 e. The molecule has 3 aliphatic rings. The second-order valence-electron chi connectivity index (χ2n) is 6.98. The van der Waals surface area contributed by atoms with Crippen LogP contribution >= 0.6 is 0 Å². The molecule has 0 bridgehead atoms. The van der Waals surface area contributed by atoms with E-state index >= 15 is 0 Å². The molecule has 1 aromatic carbocycles. The van der Waals surface area contributed by atoms with Crippen molar-refractivity contribution in [2.24, 2.45) is 0 Å². The van der Waals surface area contributed by atoms with Crippen LogP contribution in [0.5, 0.6) is 0 Å². The molecule has 3 heterocycles. The lowest BCUT2D eigenvalue weighted by Gasteiger charge is -2.44. The van der Waals surface area contributed by atoms with E-state index in [0.717, 1.165) is 24.5 Å². The Labute approximate surface area is 147 Å². The van der Waals surface area contributed by atoms with Crippen LogP contribution in [0.4, 0.5) is 11.4 Å². The Morgan fingerprint density at radius 2 is 1.76 bits per heavy atom. The summed E-state index contributed by atoms with van der Waals surface area (Å²) in [6.45, 7) is 4.66. The van der Waals surface area contributed by atoms with Crippen LogP contribution in [-0.4, -0.2) is 73.1 Å². The van der Waals surface area contributed by atoms with Crippen LogP contribution < -0.4 is 10.6 Å². The number of carbonyl (C=O) groups is 2. The van der Waals surface area contributed by atoms with Gasteiger partial charge in [-0.3, -0.25) is 14.5 Å². The molecule has 2 amide bonds. The molecule has 1 aromatic rings. The minimum absolute atomic E-state index is 0.00600. The summed E-state index contributed by atoms with van der Waals surface area (Å²) in [4.78, 5) is 29.2. The minimum atomic E-state index is -0.607. The summed E-state index contributed by atoms with van der Waals surface area (Å²) in [6.07, 6.45) is 1.25. The molecular weight excluding hydrogens is 320 g/mol. The molecule has 0 saturated carbocycles. The Hall–Kier alpha value is -2.12. The van der Waals surface area contributed by atoms with E-state index in [-0.39, 0.29) is 11.8 Å². The lowest BCUT2D eigenvalue weighted by molar-refractivity contribution is -0.136. The smallest absolute Gasteiger partial charge is 0.250 e. The highest BCUT2D eigenvalue weighted by Gasteiger charge is 2.45. The number of fused-ring (bicyclic) bond motifs is 1. The van der Waals surface area contributed by atoms with Crippen LogP contribution in [0.3, 0.4) is 0 Å². The summed E-state index contributed by atoms with van der Waals surface area (Å²) in [7, 11) is 0. The lowest BCUT2D eigenvalue weighted by atomic mass is 9.84. The number of morpholine rings is 1. The van der Waals surface area contributed by atoms with Crippen molar-refractivity contribution in [2.45, 2.75) is 18.4 Å². The number of para-hydroxylation sites is 2. The number of hydrogen-bond acceptors (Lipinski definition) is 5. The SMILES string of the molecule is O=C(CN1CCOCC1)N1CCC2(CC1)Nc1ccccc1NC2=O. The summed E-state index contributed by atoms with van der Waals surface area (Å²) < 4.78 is 5.32. The first-order valence-corrected chi connectivity index (χ1v) is 8.93. The van der Waals surface area contributed by atoms with E-state index in [1.807, 2.05) is 29.2 Å². The molecule has 25 heavy (non-hydrogen) atoms. The Balaban J connectivity index is 1.38. The van der Waals surface area contributed by atoms with Crippen LogP contribution in [0.25, 0.3) is 0 Å². The number of hydrogen-bond donors (Lipinski definition) is 2. The second kappa shape index (κ2) is 6.65. The highest BCUT2D eigenvalue weighted by Crippen LogP contribution is 2.36. The first kappa shape index (κ1) is 16.4. The average Bonchev–Trinajstić information content (AvgIpc) is 2.64. The second-order valence-corrected chi connectivity index (χ2v) is 6.98. The number of nitrogens with zero attached hydrogens (tertiary/aromatic N) is 2. The van der Waals surface area contributed by atoms with Gasteiger partial charge in [-0.2, -0.15) is 0 Å². The van der Waals surface area contributed by atoms with Crippen LogP contribution in [0.1, 0.15) is 12.8 Å². The van der Waals surface area contributed by atoms with Crippen molar-refractivity contribution < 1.29 is 14.3 Å². The van der Waals surface area contributed by atoms with Crippen molar-refractivity contribution >= 4 is 23.2 Å². The average molecular weight is 344 g/mol. The number of piperidine rings is 1. The van der Waals surface area contributed by atoms with E-state index in [9.17, 15) is 9.59 Å². The maximum Gasteiger partial charge on any atom is 0.250 e. The fourth-order valence-electron chi connectivity index (χ4n) is 3.80. The van der Waals surface area contributed by atoms with Gasteiger partial charge in [0.15, 0.2) is 0 Å². The third-order valence-corrected chi connectivity index (χ3v) is 5.42. The topological polar surface area (TPSA) is 73.9 Å². The summed E-state index contributed by atoms with van der Waals surface area (Å²) in [5.41, 5.74) is 1.17. The fraction of sp³-hybridized carbons (Fsp3) is 0.556. The zero-order chi connectivity index (χ0) is 17.3. The maximum absolute atomic E-state index is 12.6. The van der Waals surface area contributed by atoms with Crippen LogP contribution in [0.2, 0.25) is 0 Å². The molecule has 7 nitrogen and oxygen atoms in total. The Morgan fingerprint density at radius 1 is 1.08 bits per heavy atom. The summed E-state index contributed by atoms with van der Waals surface area (Å²) >= 11 is 0. The molecule has 2 N–H and O–H groups in total. The number of carbonyl (C=O) groups excluding carboxylic acids is 2. The van der Waals surface area contributed by atoms with E-state index in [1.165, 1.54) is 0 Å². The van der Waals surface area contributed by atoms with E-state index in [4.69, 9.17) is 4.74 Å². The van der Waals surface area contributed by atoms with Crippen molar-refractivity contribution in [3.05, 3.63) is 24.3 Å². The molecular formula is C18H24N4O3. The van der Waals surface area contributed by atoms with E-state index in [2.05, 4.69) is 15.5 Å². The number of ether oxygens (including phenoxy) is 1. The molecule has 0 atom stereocenters. The van der Waals surface area contributed by atoms with Crippen molar-refractivity contribution in [3.8, 4) is 0 Å². The zero-order valence-corrected chi connectivity index (χ0v) is 14.3. The number of rotatable bonds is 2. The predicted octanol–water partition coefficient (Wildman–Crippen LogP) is 0.744. The molecule has 0 aromatic heterocycles. The Morgan fingerprint density at radius 3 is 2.48 bits per heavy atom.